The van der Waals surface area contributed by atoms with Gasteiger partial charge < -0.3 is 10.2 Å². The van der Waals surface area contributed by atoms with Gasteiger partial charge in [0.05, 0.1) is 22.5 Å². The number of alkyl halides is 3. The van der Waals surface area contributed by atoms with Crippen LogP contribution in [0.3, 0.4) is 0 Å². The van der Waals surface area contributed by atoms with Crippen molar-refractivity contribution in [3.63, 3.8) is 0 Å². The molecule has 1 aliphatic heterocycles. The zero-order valence-corrected chi connectivity index (χ0v) is 15.0. The molecule has 0 spiro atoms. The maximum atomic E-state index is 12.9. The Morgan fingerprint density at radius 2 is 2.12 bits per heavy atom. The molecule has 1 saturated heterocycles. The summed E-state index contributed by atoms with van der Waals surface area (Å²) in [6, 6.07) is 3.45. The highest BCUT2D eigenvalue weighted by molar-refractivity contribution is 6.33. The van der Waals surface area contributed by atoms with Gasteiger partial charge in [-0.3, -0.25) is 0 Å². The number of nitrogens with zero attached hydrogens (tertiary/aromatic N) is 4. The largest absolute Gasteiger partial charge is 0.416 e. The summed E-state index contributed by atoms with van der Waals surface area (Å²) in [6.45, 7) is 2.95. The number of anilines is 3. The maximum absolute atomic E-state index is 12.9. The molecule has 0 amide bonds. The van der Waals surface area contributed by atoms with E-state index in [1.165, 1.54) is 18.7 Å². The second-order valence-corrected chi connectivity index (χ2v) is 6.62. The monoisotopic (exact) mass is 385 g/mol. The first-order valence-corrected chi connectivity index (χ1v) is 8.86. The summed E-state index contributed by atoms with van der Waals surface area (Å²) in [4.78, 5) is 6.53. The third kappa shape index (κ3) is 4.17. The minimum absolute atomic E-state index is 0.124. The molecule has 1 atom stereocenters. The fourth-order valence-corrected chi connectivity index (χ4v) is 3.26. The number of rotatable bonds is 4. The van der Waals surface area contributed by atoms with Crippen LogP contribution in [0.1, 0.15) is 38.2 Å². The van der Waals surface area contributed by atoms with Gasteiger partial charge in [0.2, 0.25) is 5.95 Å². The molecule has 5 nitrogen and oxygen atoms in total. The van der Waals surface area contributed by atoms with Crippen LogP contribution in [-0.4, -0.2) is 27.8 Å². The number of nitrogens with one attached hydrogen (secondary N) is 1. The van der Waals surface area contributed by atoms with Crippen LogP contribution in [-0.2, 0) is 6.18 Å². The molecule has 1 unspecified atom stereocenters. The van der Waals surface area contributed by atoms with E-state index < -0.39 is 11.7 Å². The second kappa shape index (κ2) is 7.65. The SMILES string of the molecule is CCC1CCCCN1c1nncc(Nc2cc(C(F)(F)F)ccc2Cl)n1. The molecule has 3 rings (SSSR count). The first-order chi connectivity index (χ1) is 12.4. The predicted molar refractivity (Wildman–Crippen MR) is 94.8 cm³/mol. The molecule has 0 aliphatic carbocycles. The fraction of sp³-hybridized carbons (Fsp3) is 0.471. The summed E-state index contributed by atoms with van der Waals surface area (Å²) >= 11 is 6.03. The molecular weight excluding hydrogens is 367 g/mol. The van der Waals surface area contributed by atoms with Gasteiger partial charge in [0.15, 0.2) is 5.82 Å². The van der Waals surface area contributed by atoms with E-state index in [4.69, 9.17) is 11.6 Å². The first kappa shape index (κ1) is 18.7. The Morgan fingerprint density at radius 1 is 1.31 bits per heavy atom. The molecule has 2 aromatic rings. The minimum atomic E-state index is -4.45. The lowest BCUT2D eigenvalue weighted by Gasteiger charge is -2.34. The molecule has 1 aromatic heterocycles. The Hall–Kier alpha value is -2.09. The highest BCUT2D eigenvalue weighted by atomic mass is 35.5. The van der Waals surface area contributed by atoms with Gasteiger partial charge in [-0.15, -0.1) is 5.10 Å². The summed E-state index contributed by atoms with van der Waals surface area (Å²) in [5.41, 5.74) is -0.660. The smallest absolute Gasteiger partial charge is 0.338 e. The summed E-state index contributed by atoms with van der Waals surface area (Å²) in [5, 5.41) is 11.0. The van der Waals surface area contributed by atoms with Gasteiger partial charge in [0.25, 0.3) is 0 Å². The van der Waals surface area contributed by atoms with Crippen LogP contribution >= 0.6 is 11.6 Å². The van der Waals surface area contributed by atoms with Crippen molar-refractivity contribution in [2.75, 3.05) is 16.8 Å². The molecule has 140 valence electrons. The number of piperidine rings is 1. The molecule has 26 heavy (non-hydrogen) atoms. The van der Waals surface area contributed by atoms with Crippen molar-refractivity contribution in [1.29, 1.82) is 0 Å². The maximum Gasteiger partial charge on any atom is 0.416 e. The average molecular weight is 386 g/mol. The number of aromatic nitrogens is 3. The van der Waals surface area contributed by atoms with Gasteiger partial charge in [-0.25, -0.2) is 0 Å². The minimum Gasteiger partial charge on any atom is -0.338 e. The van der Waals surface area contributed by atoms with E-state index in [1.807, 2.05) is 0 Å². The third-order valence-corrected chi connectivity index (χ3v) is 4.79. The van der Waals surface area contributed by atoms with Crippen molar-refractivity contribution in [3.05, 3.63) is 35.0 Å². The van der Waals surface area contributed by atoms with Gasteiger partial charge in [-0.05, 0) is 43.9 Å². The van der Waals surface area contributed by atoms with E-state index in [2.05, 4.69) is 32.3 Å². The highest BCUT2D eigenvalue weighted by Crippen LogP contribution is 2.35. The van der Waals surface area contributed by atoms with E-state index in [-0.39, 0.29) is 10.7 Å². The van der Waals surface area contributed by atoms with Crippen molar-refractivity contribution >= 4 is 29.1 Å². The van der Waals surface area contributed by atoms with Crippen molar-refractivity contribution in [2.24, 2.45) is 0 Å². The van der Waals surface area contributed by atoms with E-state index in [9.17, 15) is 13.2 Å². The van der Waals surface area contributed by atoms with Gasteiger partial charge in [-0.2, -0.15) is 23.3 Å². The molecule has 1 N–H and O–H groups in total. The molecule has 9 heteroatoms. The molecule has 1 fully saturated rings. The molecular formula is C17H19ClF3N5. The third-order valence-electron chi connectivity index (χ3n) is 4.46. The lowest BCUT2D eigenvalue weighted by atomic mass is 10.0. The average Bonchev–Trinajstić information content (AvgIpc) is 2.63. The number of halogens is 4. The van der Waals surface area contributed by atoms with Gasteiger partial charge in [0.1, 0.15) is 0 Å². The lowest BCUT2D eigenvalue weighted by Crippen LogP contribution is -2.40. The summed E-state index contributed by atoms with van der Waals surface area (Å²) in [7, 11) is 0. The first-order valence-electron chi connectivity index (χ1n) is 8.48. The number of hydrogen-bond donors (Lipinski definition) is 1. The Morgan fingerprint density at radius 3 is 2.85 bits per heavy atom. The van der Waals surface area contributed by atoms with Crippen molar-refractivity contribution in [2.45, 2.75) is 44.8 Å². The summed E-state index contributed by atoms with van der Waals surface area (Å²) in [5.74, 6) is 0.779. The number of hydrogen-bond acceptors (Lipinski definition) is 5. The second-order valence-electron chi connectivity index (χ2n) is 6.21. The Kier molecular flexibility index (Phi) is 5.50. The number of benzene rings is 1. The van der Waals surface area contributed by atoms with E-state index >= 15 is 0 Å². The van der Waals surface area contributed by atoms with Crippen LogP contribution in [0, 0.1) is 0 Å². The molecule has 1 aromatic carbocycles. The Bertz CT molecular complexity index is 768. The molecule has 0 bridgehead atoms. The van der Waals surface area contributed by atoms with Crippen LogP contribution in [0.15, 0.2) is 24.4 Å². The van der Waals surface area contributed by atoms with Gasteiger partial charge in [0, 0.05) is 12.6 Å². The zero-order chi connectivity index (χ0) is 18.7. The Labute approximate surface area is 154 Å². The van der Waals surface area contributed by atoms with E-state index in [0.29, 0.717) is 17.8 Å². The van der Waals surface area contributed by atoms with Crippen LogP contribution in [0.5, 0.6) is 0 Å². The molecule has 2 heterocycles. The quantitative estimate of drug-likeness (QED) is 0.797. The molecule has 0 radical (unpaired) electrons. The van der Waals surface area contributed by atoms with E-state index in [0.717, 1.165) is 37.9 Å². The van der Waals surface area contributed by atoms with E-state index in [1.54, 1.807) is 0 Å². The van der Waals surface area contributed by atoms with Crippen LogP contribution in [0.25, 0.3) is 0 Å². The molecule has 0 saturated carbocycles. The van der Waals surface area contributed by atoms with Crippen molar-refractivity contribution < 1.29 is 13.2 Å². The highest BCUT2D eigenvalue weighted by Gasteiger charge is 2.31. The van der Waals surface area contributed by atoms with Gasteiger partial charge in [-0.1, -0.05) is 18.5 Å². The summed E-state index contributed by atoms with van der Waals surface area (Å²) in [6.07, 6.45) is 1.18. The Balaban J connectivity index is 1.85. The lowest BCUT2D eigenvalue weighted by molar-refractivity contribution is -0.137. The fourth-order valence-electron chi connectivity index (χ4n) is 3.10. The van der Waals surface area contributed by atoms with Crippen LogP contribution < -0.4 is 10.2 Å². The standard InChI is InChI=1S/C17H19ClF3N5/c1-2-12-5-3-4-8-26(12)16-24-15(10-22-25-16)23-14-9-11(17(19,20)21)6-7-13(14)18/h6-7,9-10,12H,2-5,8H2,1H3,(H,23,24,25). The van der Waals surface area contributed by atoms with Crippen molar-refractivity contribution in [1.82, 2.24) is 15.2 Å². The van der Waals surface area contributed by atoms with Crippen LogP contribution in [0.4, 0.5) is 30.6 Å². The predicted octanol–water partition coefficient (Wildman–Crippen LogP) is 5.06. The van der Waals surface area contributed by atoms with Crippen LogP contribution in [0.2, 0.25) is 5.02 Å². The van der Waals surface area contributed by atoms with Gasteiger partial charge >= 0.3 is 6.18 Å². The summed E-state index contributed by atoms with van der Waals surface area (Å²) < 4.78 is 38.7. The normalized spacial score (nSPS) is 18.0. The molecule has 1 aliphatic rings. The zero-order valence-electron chi connectivity index (χ0n) is 14.2. The van der Waals surface area contributed by atoms with Crippen molar-refractivity contribution in [3.8, 4) is 0 Å². The topological polar surface area (TPSA) is 53.9 Å².